The summed E-state index contributed by atoms with van der Waals surface area (Å²) in [7, 11) is 3.77. The molecule has 0 saturated heterocycles. The maximum absolute atomic E-state index is 6.14. The Kier molecular flexibility index (Phi) is 2.87. The highest BCUT2D eigenvalue weighted by atomic mass is 35.5. The van der Waals surface area contributed by atoms with Gasteiger partial charge in [0.1, 0.15) is 0 Å². The van der Waals surface area contributed by atoms with E-state index in [4.69, 9.17) is 11.6 Å². The average Bonchev–Trinajstić information content (AvgIpc) is 2.72. The van der Waals surface area contributed by atoms with Gasteiger partial charge in [-0.05, 0) is 6.92 Å². The van der Waals surface area contributed by atoms with E-state index in [2.05, 4.69) is 15.5 Å². The second-order valence-electron chi connectivity index (χ2n) is 3.73. The van der Waals surface area contributed by atoms with E-state index in [-0.39, 0.29) is 0 Å². The molecule has 0 atom stereocenters. The van der Waals surface area contributed by atoms with E-state index in [9.17, 15) is 0 Å². The summed E-state index contributed by atoms with van der Waals surface area (Å²) in [5, 5.41) is 12.3. The van der Waals surface area contributed by atoms with Crippen molar-refractivity contribution in [2.24, 2.45) is 14.1 Å². The molecule has 0 amide bonds. The van der Waals surface area contributed by atoms with Gasteiger partial charge >= 0.3 is 0 Å². The number of nitrogens with one attached hydrogen (secondary N) is 1. The maximum Gasteiger partial charge on any atom is 0.0865 e. The molecule has 5 nitrogen and oxygen atoms in total. The van der Waals surface area contributed by atoms with E-state index in [1.807, 2.05) is 27.2 Å². The van der Waals surface area contributed by atoms with Crippen molar-refractivity contribution < 1.29 is 0 Å². The first-order valence-corrected chi connectivity index (χ1v) is 5.36. The summed E-state index contributed by atoms with van der Waals surface area (Å²) in [6, 6.07) is 0. The van der Waals surface area contributed by atoms with E-state index >= 15 is 0 Å². The lowest BCUT2D eigenvalue weighted by Gasteiger charge is -2.04. The second-order valence-corrected chi connectivity index (χ2v) is 4.10. The van der Waals surface area contributed by atoms with Crippen LogP contribution in [0.1, 0.15) is 11.4 Å². The van der Waals surface area contributed by atoms with Crippen LogP contribution in [0, 0.1) is 6.92 Å². The van der Waals surface area contributed by atoms with Gasteiger partial charge in [0.05, 0.1) is 34.8 Å². The quantitative estimate of drug-likeness (QED) is 0.888. The van der Waals surface area contributed by atoms with Crippen LogP contribution in [0.2, 0.25) is 5.02 Å². The summed E-state index contributed by atoms with van der Waals surface area (Å²) in [5.41, 5.74) is 2.80. The molecule has 2 rings (SSSR count). The molecule has 1 N–H and O–H groups in total. The van der Waals surface area contributed by atoms with Gasteiger partial charge in [-0.15, -0.1) is 0 Å². The number of aromatic nitrogens is 4. The highest BCUT2D eigenvalue weighted by molar-refractivity contribution is 6.31. The minimum Gasteiger partial charge on any atom is -0.377 e. The number of nitrogens with zero attached hydrogens (tertiary/aromatic N) is 4. The van der Waals surface area contributed by atoms with E-state index in [0.29, 0.717) is 6.54 Å². The van der Waals surface area contributed by atoms with Crippen LogP contribution < -0.4 is 5.32 Å². The van der Waals surface area contributed by atoms with Crippen molar-refractivity contribution in [3.8, 4) is 0 Å². The minimum atomic E-state index is 0.641. The Morgan fingerprint density at radius 3 is 2.69 bits per heavy atom. The molecule has 6 heteroatoms. The van der Waals surface area contributed by atoms with Crippen LogP contribution in [0.25, 0.3) is 0 Å². The van der Waals surface area contributed by atoms with Crippen LogP contribution in [0.5, 0.6) is 0 Å². The predicted molar refractivity (Wildman–Crippen MR) is 63.5 cm³/mol. The van der Waals surface area contributed by atoms with Gasteiger partial charge in [0, 0.05) is 20.3 Å². The predicted octanol–water partition coefficient (Wildman–Crippen LogP) is 1.73. The van der Waals surface area contributed by atoms with Gasteiger partial charge in [-0.2, -0.15) is 10.2 Å². The monoisotopic (exact) mass is 239 g/mol. The van der Waals surface area contributed by atoms with Crippen molar-refractivity contribution in [3.63, 3.8) is 0 Å². The van der Waals surface area contributed by atoms with E-state index < -0.39 is 0 Å². The Morgan fingerprint density at radius 1 is 1.44 bits per heavy atom. The molecular formula is C10H14ClN5. The minimum absolute atomic E-state index is 0.641. The van der Waals surface area contributed by atoms with E-state index in [1.54, 1.807) is 15.6 Å². The zero-order chi connectivity index (χ0) is 11.7. The highest BCUT2D eigenvalue weighted by Crippen LogP contribution is 2.20. The van der Waals surface area contributed by atoms with Crippen LogP contribution in [0.15, 0.2) is 12.4 Å². The van der Waals surface area contributed by atoms with E-state index in [1.165, 1.54) is 0 Å². The number of rotatable bonds is 3. The van der Waals surface area contributed by atoms with Crippen molar-refractivity contribution in [2.75, 3.05) is 5.32 Å². The highest BCUT2D eigenvalue weighted by Gasteiger charge is 2.10. The Balaban J connectivity index is 2.10. The van der Waals surface area contributed by atoms with Crippen LogP contribution in [-0.4, -0.2) is 19.6 Å². The molecule has 0 spiro atoms. The van der Waals surface area contributed by atoms with Crippen molar-refractivity contribution in [1.82, 2.24) is 19.6 Å². The lowest BCUT2D eigenvalue weighted by atomic mass is 10.3. The largest absolute Gasteiger partial charge is 0.377 e. The van der Waals surface area contributed by atoms with Gasteiger partial charge in [-0.25, -0.2) is 0 Å². The van der Waals surface area contributed by atoms with Crippen molar-refractivity contribution in [2.45, 2.75) is 13.5 Å². The fourth-order valence-electron chi connectivity index (χ4n) is 1.57. The van der Waals surface area contributed by atoms with Gasteiger partial charge in [-0.3, -0.25) is 9.36 Å². The second kappa shape index (κ2) is 4.17. The molecule has 0 saturated carbocycles. The van der Waals surface area contributed by atoms with Crippen LogP contribution in [-0.2, 0) is 20.6 Å². The summed E-state index contributed by atoms with van der Waals surface area (Å²) in [6.45, 7) is 2.54. The normalized spacial score (nSPS) is 10.8. The first-order valence-electron chi connectivity index (χ1n) is 4.98. The SMILES string of the molecule is Cc1nn(C)c(CNc2cnn(C)c2)c1Cl. The number of halogens is 1. The fourth-order valence-corrected chi connectivity index (χ4v) is 1.80. The molecule has 0 unspecified atom stereocenters. The summed E-state index contributed by atoms with van der Waals surface area (Å²) >= 11 is 6.14. The Morgan fingerprint density at radius 2 is 2.19 bits per heavy atom. The Bertz CT molecular complexity index is 499. The third-order valence-electron chi connectivity index (χ3n) is 2.43. The standard InChI is InChI=1S/C10H14ClN5/c1-7-10(11)9(16(3)14-7)5-12-8-4-13-15(2)6-8/h4,6,12H,5H2,1-3H3. The van der Waals surface area contributed by atoms with Gasteiger partial charge in [0.25, 0.3) is 0 Å². The lowest BCUT2D eigenvalue weighted by molar-refractivity contribution is 0.713. The topological polar surface area (TPSA) is 47.7 Å². The molecular weight excluding hydrogens is 226 g/mol. The molecule has 0 aliphatic carbocycles. The third kappa shape index (κ3) is 2.04. The van der Waals surface area contributed by atoms with Crippen LogP contribution in [0.4, 0.5) is 5.69 Å². The van der Waals surface area contributed by atoms with Crippen molar-refractivity contribution in [1.29, 1.82) is 0 Å². The maximum atomic E-state index is 6.14. The summed E-state index contributed by atoms with van der Waals surface area (Å²) in [6.07, 6.45) is 3.69. The van der Waals surface area contributed by atoms with Crippen molar-refractivity contribution in [3.05, 3.63) is 28.8 Å². The zero-order valence-electron chi connectivity index (χ0n) is 9.53. The molecule has 2 aromatic heterocycles. The molecule has 0 fully saturated rings. The fraction of sp³-hybridized carbons (Fsp3) is 0.400. The molecule has 0 radical (unpaired) electrons. The number of hydrogen-bond donors (Lipinski definition) is 1. The zero-order valence-corrected chi connectivity index (χ0v) is 10.3. The molecule has 16 heavy (non-hydrogen) atoms. The van der Waals surface area contributed by atoms with Gasteiger partial charge < -0.3 is 5.32 Å². The van der Waals surface area contributed by atoms with E-state index in [0.717, 1.165) is 22.1 Å². The molecule has 0 aliphatic rings. The molecule has 2 aromatic rings. The summed E-state index contributed by atoms with van der Waals surface area (Å²) in [4.78, 5) is 0. The molecule has 0 bridgehead atoms. The van der Waals surface area contributed by atoms with Crippen LogP contribution in [0.3, 0.4) is 0 Å². The van der Waals surface area contributed by atoms with Gasteiger partial charge in [-0.1, -0.05) is 11.6 Å². The van der Waals surface area contributed by atoms with Gasteiger partial charge in [0.15, 0.2) is 0 Å². The van der Waals surface area contributed by atoms with Gasteiger partial charge in [0.2, 0.25) is 0 Å². The Labute approximate surface area is 99.0 Å². The Hall–Kier alpha value is -1.49. The molecule has 0 aromatic carbocycles. The smallest absolute Gasteiger partial charge is 0.0865 e. The number of anilines is 1. The van der Waals surface area contributed by atoms with Crippen molar-refractivity contribution >= 4 is 17.3 Å². The third-order valence-corrected chi connectivity index (χ3v) is 2.92. The molecule has 2 heterocycles. The summed E-state index contributed by atoms with van der Waals surface area (Å²) in [5.74, 6) is 0. The molecule has 86 valence electrons. The number of aryl methyl sites for hydroxylation is 3. The van der Waals surface area contributed by atoms with Crippen LogP contribution >= 0.6 is 11.6 Å². The first kappa shape index (κ1) is 11.0. The summed E-state index contributed by atoms with van der Waals surface area (Å²) < 4.78 is 3.54. The number of hydrogen-bond acceptors (Lipinski definition) is 3. The average molecular weight is 240 g/mol. The molecule has 0 aliphatic heterocycles. The lowest BCUT2D eigenvalue weighted by Crippen LogP contribution is -2.05. The first-order chi connectivity index (χ1) is 7.58.